The number of carbonyl (C=O) groups is 2. The first-order valence-corrected chi connectivity index (χ1v) is 10.7. The number of hydrogen-bond acceptors (Lipinski definition) is 8. The van der Waals surface area contributed by atoms with Crippen molar-refractivity contribution in [1.82, 2.24) is 20.8 Å². The van der Waals surface area contributed by atoms with Crippen molar-refractivity contribution in [3.63, 3.8) is 0 Å². The van der Waals surface area contributed by atoms with Gasteiger partial charge in [0.05, 0.1) is 5.25 Å². The normalized spacial score (nSPS) is 12.5. The Balaban J connectivity index is 1.76. The van der Waals surface area contributed by atoms with Crippen molar-refractivity contribution in [2.45, 2.75) is 49.2 Å². The maximum Gasteiger partial charge on any atom is 0.321 e. The van der Waals surface area contributed by atoms with Crippen LogP contribution in [0.4, 0.5) is 9.93 Å². The minimum atomic E-state index is -0.497. The fraction of sp³-hybridized carbons (Fsp3) is 0.500. The zero-order valence-corrected chi connectivity index (χ0v) is 17.6. The molecule has 0 fully saturated rings. The lowest BCUT2D eigenvalue weighted by Crippen LogP contribution is -2.49. The van der Waals surface area contributed by atoms with Gasteiger partial charge in [-0.3, -0.25) is 10.1 Å². The van der Waals surface area contributed by atoms with Gasteiger partial charge in [-0.2, -0.15) is 0 Å². The number of carbonyl (C=O) groups excluding carboxylic acids is 2. The number of thioether (sulfide) groups is 1. The first kappa shape index (κ1) is 20.7. The summed E-state index contributed by atoms with van der Waals surface area (Å²) in [6.45, 7) is 8.06. The number of urea groups is 1. The maximum atomic E-state index is 12.1. The van der Waals surface area contributed by atoms with Gasteiger partial charge in [0.2, 0.25) is 11.0 Å². The Morgan fingerprint density at radius 2 is 2.08 bits per heavy atom. The maximum absolute atomic E-state index is 12.1. The Kier molecular flexibility index (Phi) is 7.42. The second-order valence-electron chi connectivity index (χ2n) is 6.58. The van der Waals surface area contributed by atoms with Gasteiger partial charge in [0.15, 0.2) is 4.34 Å². The minimum absolute atomic E-state index is 0.362. The van der Waals surface area contributed by atoms with Crippen molar-refractivity contribution in [2.75, 3.05) is 11.9 Å². The molecule has 0 aromatic carbocycles. The Labute approximate surface area is 165 Å². The van der Waals surface area contributed by atoms with Gasteiger partial charge in [-0.05, 0) is 45.6 Å². The smallest absolute Gasteiger partial charge is 0.321 e. The van der Waals surface area contributed by atoms with E-state index in [4.69, 9.17) is 0 Å². The van der Waals surface area contributed by atoms with Gasteiger partial charge in [-0.15, -0.1) is 21.5 Å². The van der Waals surface area contributed by atoms with Crippen LogP contribution in [0.1, 0.15) is 32.6 Å². The van der Waals surface area contributed by atoms with Crippen molar-refractivity contribution < 1.29 is 9.59 Å². The van der Waals surface area contributed by atoms with Gasteiger partial charge < -0.3 is 10.6 Å². The molecule has 2 rings (SSSR count). The van der Waals surface area contributed by atoms with Crippen LogP contribution in [0.2, 0.25) is 0 Å². The monoisotopic (exact) mass is 413 g/mol. The molecule has 2 aromatic rings. The van der Waals surface area contributed by atoms with Crippen LogP contribution in [0, 0.1) is 0 Å². The standard InChI is InChI=1S/C16H23N5O2S3/c1-10(12(22)18-13(23)19-16(2,3)4)25-15-21-20-14(26-15)17-8-7-11-6-5-9-24-11/h5-6,9-10H,7-8H2,1-4H3,(H,17,20)(H2,18,19,22,23). The Morgan fingerprint density at radius 1 is 1.31 bits per heavy atom. The zero-order chi connectivity index (χ0) is 19.2. The van der Waals surface area contributed by atoms with E-state index in [0.29, 0.717) is 4.34 Å². The Bertz CT molecular complexity index is 725. The highest BCUT2D eigenvalue weighted by Crippen LogP contribution is 2.29. The third-order valence-corrected chi connectivity index (χ3v) is 6.01. The highest BCUT2D eigenvalue weighted by molar-refractivity contribution is 8.02. The number of rotatable bonds is 7. The molecule has 142 valence electrons. The molecular weight excluding hydrogens is 390 g/mol. The SMILES string of the molecule is CC(Sc1nnc(NCCc2cccs2)s1)C(=O)NC(=O)NC(C)(C)C. The van der Waals surface area contributed by atoms with Crippen LogP contribution in [0.15, 0.2) is 21.9 Å². The summed E-state index contributed by atoms with van der Waals surface area (Å²) in [6.07, 6.45) is 0.932. The number of amides is 3. The van der Waals surface area contributed by atoms with Crippen molar-refractivity contribution in [2.24, 2.45) is 0 Å². The van der Waals surface area contributed by atoms with Gasteiger partial charge in [-0.25, -0.2) is 4.79 Å². The number of imide groups is 1. The molecular formula is C16H23N5O2S3. The highest BCUT2D eigenvalue weighted by atomic mass is 32.2. The van der Waals surface area contributed by atoms with Crippen LogP contribution in [-0.2, 0) is 11.2 Å². The quantitative estimate of drug-likeness (QED) is 0.603. The fourth-order valence-electron chi connectivity index (χ4n) is 1.87. The van der Waals surface area contributed by atoms with Crippen molar-refractivity contribution in [3.05, 3.63) is 22.4 Å². The van der Waals surface area contributed by atoms with Crippen LogP contribution >= 0.6 is 34.4 Å². The molecule has 3 N–H and O–H groups in total. The summed E-state index contributed by atoms with van der Waals surface area (Å²) in [5.74, 6) is -0.362. The zero-order valence-electron chi connectivity index (χ0n) is 15.2. The number of hydrogen-bond donors (Lipinski definition) is 3. The molecule has 3 amide bonds. The van der Waals surface area contributed by atoms with E-state index in [9.17, 15) is 9.59 Å². The molecule has 0 saturated carbocycles. The molecule has 7 nitrogen and oxygen atoms in total. The number of thiophene rings is 1. The lowest BCUT2D eigenvalue weighted by atomic mass is 10.1. The molecule has 0 saturated heterocycles. The summed E-state index contributed by atoms with van der Waals surface area (Å²) in [6, 6.07) is 3.64. The molecule has 26 heavy (non-hydrogen) atoms. The van der Waals surface area contributed by atoms with Crippen LogP contribution in [0.5, 0.6) is 0 Å². The average molecular weight is 414 g/mol. The lowest BCUT2D eigenvalue weighted by molar-refractivity contribution is -0.119. The molecule has 10 heteroatoms. The first-order valence-electron chi connectivity index (χ1n) is 8.12. The van der Waals surface area contributed by atoms with E-state index in [-0.39, 0.29) is 5.91 Å². The van der Waals surface area contributed by atoms with E-state index in [1.165, 1.54) is 28.0 Å². The van der Waals surface area contributed by atoms with Crippen LogP contribution in [0.3, 0.4) is 0 Å². The number of nitrogens with one attached hydrogen (secondary N) is 3. The predicted octanol–water partition coefficient (Wildman–Crippen LogP) is 3.36. The Hall–Kier alpha value is -1.65. The van der Waals surface area contributed by atoms with E-state index < -0.39 is 16.8 Å². The first-order chi connectivity index (χ1) is 12.2. The number of nitrogens with zero attached hydrogens (tertiary/aromatic N) is 2. The molecule has 0 radical (unpaired) electrons. The average Bonchev–Trinajstić information content (AvgIpc) is 3.17. The van der Waals surface area contributed by atoms with Crippen LogP contribution in [-0.4, -0.2) is 39.5 Å². The van der Waals surface area contributed by atoms with Gasteiger partial charge in [0, 0.05) is 17.0 Å². The third kappa shape index (κ3) is 7.30. The van der Waals surface area contributed by atoms with Gasteiger partial charge in [-0.1, -0.05) is 29.2 Å². The summed E-state index contributed by atoms with van der Waals surface area (Å²) in [4.78, 5) is 25.2. The summed E-state index contributed by atoms with van der Waals surface area (Å²) in [5, 5.41) is 18.8. The topological polar surface area (TPSA) is 96.0 Å². The van der Waals surface area contributed by atoms with Crippen LogP contribution in [0.25, 0.3) is 0 Å². The van der Waals surface area contributed by atoms with E-state index in [1.54, 1.807) is 18.3 Å². The van der Waals surface area contributed by atoms with Crippen LogP contribution < -0.4 is 16.0 Å². The lowest BCUT2D eigenvalue weighted by Gasteiger charge is -2.20. The van der Waals surface area contributed by atoms with Gasteiger partial charge >= 0.3 is 6.03 Å². The number of aromatic nitrogens is 2. The summed E-state index contributed by atoms with van der Waals surface area (Å²) >= 11 is 4.40. The molecule has 1 atom stereocenters. The molecule has 0 spiro atoms. The largest absolute Gasteiger partial charge is 0.360 e. The van der Waals surface area contributed by atoms with E-state index in [2.05, 4.69) is 37.6 Å². The molecule has 1 unspecified atom stereocenters. The second kappa shape index (κ2) is 9.33. The molecule has 0 aliphatic rings. The van der Waals surface area contributed by atoms with E-state index in [0.717, 1.165) is 18.1 Å². The van der Waals surface area contributed by atoms with E-state index in [1.807, 2.05) is 26.8 Å². The molecule has 0 bridgehead atoms. The summed E-state index contributed by atoms with van der Waals surface area (Å²) in [7, 11) is 0. The molecule has 2 aromatic heterocycles. The van der Waals surface area contributed by atoms with Gasteiger partial charge in [0.25, 0.3) is 0 Å². The fourth-order valence-corrected chi connectivity index (χ4v) is 4.50. The minimum Gasteiger partial charge on any atom is -0.360 e. The molecule has 2 heterocycles. The van der Waals surface area contributed by atoms with E-state index >= 15 is 0 Å². The number of anilines is 1. The Morgan fingerprint density at radius 3 is 2.73 bits per heavy atom. The van der Waals surface area contributed by atoms with Crippen molar-refractivity contribution >= 4 is 51.5 Å². The highest BCUT2D eigenvalue weighted by Gasteiger charge is 2.21. The third-order valence-electron chi connectivity index (χ3n) is 3.01. The molecule has 0 aliphatic heterocycles. The molecule has 0 aliphatic carbocycles. The van der Waals surface area contributed by atoms with Gasteiger partial charge in [0.1, 0.15) is 0 Å². The summed E-state index contributed by atoms with van der Waals surface area (Å²) in [5.41, 5.74) is -0.399. The van der Waals surface area contributed by atoms with Crippen molar-refractivity contribution in [1.29, 1.82) is 0 Å². The summed E-state index contributed by atoms with van der Waals surface area (Å²) < 4.78 is 0.683. The second-order valence-corrected chi connectivity index (χ2v) is 10.2. The van der Waals surface area contributed by atoms with Crippen molar-refractivity contribution in [3.8, 4) is 0 Å². The predicted molar refractivity (Wildman–Crippen MR) is 108 cm³/mol.